The van der Waals surface area contributed by atoms with Gasteiger partial charge in [-0.1, -0.05) is 12.8 Å². The Morgan fingerprint density at radius 1 is 1.20 bits per heavy atom. The maximum Gasteiger partial charge on any atom is 0.257 e. The van der Waals surface area contributed by atoms with E-state index >= 15 is 0 Å². The molecular formula is C8H11Cl2NO3S. The summed E-state index contributed by atoms with van der Waals surface area (Å²) in [6, 6.07) is -0.229. The molecule has 2 aliphatic rings. The van der Waals surface area contributed by atoms with Crippen molar-refractivity contribution >= 4 is 39.1 Å². The quantitative estimate of drug-likeness (QED) is 0.675. The molecule has 0 radical (unpaired) electrons. The van der Waals surface area contributed by atoms with Gasteiger partial charge >= 0.3 is 0 Å². The molecule has 15 heavy (non-hydrogen) atoms. The highest BCUT2D eigenvalue weighted by molar-refractivity contribution is 7.92. The zero-order valence-electron chi connectivity index (χ0n) is 7.90. The molecule has 0 aromatic carbocycles. The van der Waals surface area contributed by atoms with Crippen LogP contribution in [0.25, 0.3) is 0 Å². The number of hydrogen-bond donors (Lipinski definition) is 0. The topological polar surface area (TPSA) is 54.5 Å². The lowest BCUT2D eigenvalue weighted by Crippen LogP contribution is -2.39. The van der Waals surface area contributed by atoms with Crippen molar-refractivity contribution in [1.82, 2.24) is 4.31 Å². The minimum atomic E-state index is -3.73. The fourth-order valence-electron chi connectivity index (χ4n) is 2.15. The summed E-state index contributed by atoms with van der Waals surface area (Å²) < 4.78 is 23.2. The van der Waals surface area contributed by atoms with E-state index in [1.807, 2.05) is 0 Å². The molecule has 1 saturated heterocycles. The molecule has 2 unspecified atom stereocenters. The van der Waals surface area contributed by atoms with Crippen LogP contribution in [-0.2, 0) is 14.8 Å². The van der Waals surface area contributed by atoms with Crippen LogP contribution in [0.4, 0.5) is 0 Å². The third kappa shape index (κ3) is 1.65. The van der Waals surface area contributed by atoms with E-state index in [9.17, 15) is 13.2 Å². The van der Waals surface area contributed by atoms with Crippen molar-refractivity contribution in [2.75, 3.05) is 0 Å². The highest BCUT2D eigenvalue weighted by Gasteiger charge is 2.53. The van der Waals surface area contributed by atoms with E-state index in [1.165, 1.54) is 0 Å². The van der Waals surface area contributed by atoms with Gasteiger partial charge in [0, 0.05) is 6.04 Å². The molecule has 1 aliphatic heterocycles. The second-order valence-corrected chi connectivity index (χ2v) is 7.00. The van der Waals surface area contributed by atoms with E-state index in [-0.39, 0.29) is 6.04 Å². The summed E-state index contributed by atoms with van der Waals surface area (Å²) in [7, 11) is -3.73. The summed E-state index contributed by atoms with van der Waals surface area (Å²) in [6.45, 7) is 0. The predicted octanol–water partition coefficient (Wildman–Crippen LogP) is 1.27. The van der Waals surface area contributed by atoms with Crippen LogP contribution < -0.4 is 0 Å². The number of hydrogen-bond acceptors (Lipinski definition) is 3. The van der Waals surface area contributed by atoms with Gasteiger partial charge in [-0.3, -0.25) is 4.79 Å². The number of halogens is 2. The van der Waals surface area contributed by atoms with Gasteiger partial charge in [0.1, 0.15) is 5.38 Å². The first-order valence-corrected chi connectivity index (χ1v) is 7.19. The number of alkyl halides is 2. The Kier molecular flexibility index (Phi) is 2.90. The standard InChI is InChI=1S/C8H11Cl2NO3S/c9-6-7(10)15(13,14)11(8(6)12)5-3-1-2-4-5/h5-7H,1-4H2. The van der Waals surface area contributed by atoms with Crippen LogP contribution in [0.1, 0.15) is 25.7 Å². The van der Waals surface area contributed by atoms with Gasteiger partial charge in [-0.05, 0) is 12.8 Å². The number of nitrogens with zero attached hydrogens (tertiary/aromatic N) is 1. The van der Waals surface area contributed by atoms with Gasteiger partial charge in [-0.2, -0.15) is 0 Å². The normalized spacial score (nSPS) is 36.4. The lowest BCUT2D eigenvalue weighted by atomic mass is 10.2. The van der Waals surface area contributed by atoms with Gasteiger partial charge in [0.05, 0.1) is 0 Å². The third-order valence-electron chi connectivity index (χ3n) is 2.90. The summed E-state index contributed by atoms with van der Waals surface area (Å²) in [5.41, 5.74) is 0. The molecule has 86 valence electrons. The zero-order chi connectivity index (χ0) is 11.2. The van der Waals surface area contributed by atoms with Crippen LogP contribution in [0.3, 0.4) is 0 Å². The summed E-state index contributed by atoms with van der Waals surface area (Å²) in [6.07, 6.45) is 3.34. The molecule has 0 spiro atoms. The van der Waals surface area contributed by atoms with Crippen LogP contribution in [0.2, 0.25) is 0 Å². The monoisotopic (exact) mass is 271 g/mol. The van der Waals surface area contributed by atoms with E-state index in [1.54, 1.807) is 0 Å². The number of amides is 1. The smallest absolute Gasteiger partial charge is 0.257 e. The minimum absolute atomic E-state index is 0.229. The van der Waals surface area contributed by atoms with Crippen molar-refractivity contribution in [3.05, 3.63) is 0 Å². The van der Waals surface area contributed by atoms with Crippen LogP contribution in [-0.4, -0.2) is 34.8 Å². The van der Waals surface area contributed by atoms with Crippen molar-refractivity contribution in [2.24, 2.45) is 0 Å². The highest BCUT2D eigenvalue weighted by atomic mass is 35.5. The first kappa shape index (κ1) is 11.5. The molecule has 1 saturated carbocycles. The summed E-state index contributed by atoms with van der Waals surface area (Å²) in [5.74, 6) is -0.566. The first-order chi connectivity index (χ1) is 6.96. The minimum Gasteiger partial charge on any atom is -0.272 e. The van der Waals surface area contributed by atoms with Gasteiger partial charge < -0.3 is 0 Å². The van der Waals surface area contributed by atoms with Crippen molar-refractivity contribution in [2.45, 2.75) is 41.8 Å². The second kappa shape index (κ2) is 3.79. The lowest BCUT2D eigenvalue weighted by molar-refractivity contribution is -0.126. The molecule has 1 heterocycles. The third-order valence-corrected chi connectivity index (χ3v) is 6.41. The molecule has 0 N–H and O–H groups in total. The molecule has 0 aromatic rings. The number of carbonyl (C=O) groups is 1. The van der Waals surface area contributed by atoms with E-state index < -0.39 is 26.0 Å². The molecule has 0 bridgehead atoms. The van der Waals surface area contributed by atoms with Crippen molar-refractivity contribution in [1.29, 1.82) is 0 Å². The molecule has 2 atom stereocenters. The van der Waals surface area contributed by atoms with E-state index in [0.717, 1.165) is 30.0 Å². The Morgan fingerprint density at radius 2 is 1.73 bits per heavy atom. The Bertz CT molecular complexity index is 377. The predicted molar refractivity (Wildman–Crippen MR) is 57.3 cm³/mol. The highest BCUT2D eigenvalue weighted by Crippen LogP contribution is 2.36. The Balaban J connectivity index is 2.34. The summed E-state index contributed by atoms with van der Waals surface area (Å²) in [5, 5.41) is -1.14. The van der Waals surface area contributed by atoms with Gasteiger partial charge in [0.15, 0.2) is 4.71 Å². The van der Waals surface area contributed by atoms with Crippen LogP contribution in [0.15, 0.2) is 0 Å². The Labute approximate surface area is 98.6 Å². The molecule has 4 nitrogen and oxygen atoms in total. The van der Waals surface area contributed by atoms with Crippen molar-refractivity contribution < 1.29 is 13.2 Å². The van der Waals surface area contributed by atoms with Gasteiger partial charge in [0.2, 0.25) is 0 Å². The molecule has 0 aromatic heterocycles. The van der Waals surface area contributed by atoms with Gasteiger partial charge in [0.25, 0.3) is 15.9 Å². The van der Waals surface area contributed by atoms with E-state index in [2.05, 4.69) is 0 Å². The van der Waals surface area contributed by atoms with Crippen LogP contribution in [0, 0.1) is 0 Å². The maximum absolute atomic E-state index is 11.8. The van der Waals surface area contributed by atoms with E-state index in [4.69, 9.17) is 23.2 Å². The SMILES string of the molecule is O=C1C(Cl)C(Cl)S(=O)(=O)N1C1CCCC1. The van der Waals surface area contributed by atoms with Crippen molar-refractivity contribution in [3.63, 3.8) is 0 Å². The fraction of sp³-hybridized carbons (Fsp3) is 0.875. The number of sulfonamides is 1. The van der Waals surface area contributed by atoms with Gasteiger partial charge in [-0.15, -0.1) is 23.2 Å². The van der Waals surface area contributed by atoms with Gasteiger partial charge in [-0.25, -0.2) is 12.7 Å². The van der Waals surface area contributed by atoms with E-state index in [0.29, 0.717) is 0 Å². The Morgan fingerprint density at radius 3 is 2.13 bits per heavy atom. The molecule has 7 heteroatoms. The summed E-state index contributed by atoms with van der Waals surface area (Å²) >= 11 is 11.3. The molecule has 1 aliphatic carbocycles. The molecule has 1 amide bonds. The summed E-state index contributed by atoms with van der Waals surface area (Å²) in [4.78, 5) is 11.6. The molecule has 2 fully saturated rings. The number of carbonyl (C=O) groups excluding carboxylic acids is 1. The molecular weight excluding hydrogens is 261 g/mol. The van der Waals surface area contributed by atoms with Crippen LogP contribution in [0.5, 0.6) is 0 Å². The zero-order valence-corrected chi connectivity index (χ0v) is 10.2. The maximum atomic E-state index is 11.8. The van der Waals surface area contributed by atoms with Crippen molar-refractivity contribution in [3.8, 4) is 0 Å². The lowest BCUT2D eigenvalue weighted by Gasteiger charge is -2.22. The second-order valence-electron chi connectivity index (χ2n) is 3.87. The first-order valence-electron chi connectivity index (χ1n) is 4.81. The van der Waals surface area contributed by atoms with Crippen LogP contribution >= 0.6 is 23.2 Å². The fourth-order valence-corrected chi connectivity index (χ4v) is 4.69. The largest absolute Gasteiger partial charge is 0.272 e. The number of rotatable bonds is 1. The average Bonchev–Trinajstić information content (AvgIpc) is 2.72. The molecule has 2 rings (SSSR count). The Hall–Kier alpha value is -0.000000000000000167. The average molecular weight is 272 g/mol.